The minimum Gasteiger partial charge on any atom is -0.469 e. The molecule has 0 N–H and O–H groups in total. The lowest BCUT2D eigenvalue weighted by Gasteiger charge is -2.32. The van der Waals surface area contributed by atoms with Gasteiger partial charge in [0, 0.05) is 19.5 Å². The first-order chi connectivity index (χ1) is 9.41. The summed E-state index contributed by atoms with van der Waals surface area (Å²) in [4.78, 5) is 25.4. The normalized spacial score (nSPS) is 29.1. The van der Waals surface area contributed by atoms with Gasteiger partial charge in [-0.2, -0.15) is 0 Å². The highest BCUT2D eigenvalue weighted by Crippen LogP contribution is 2.24. The van der Waals surface area contributed by atoms with Crippen LogP contribution in [0.15, 0.2) is 0 Å². The van der Waals surface area contributed by atoms with E-state index >= 15 is 0 Å². The number of ether oxygens (including phenoxy) is 1. The Morgan fingerprint density at radius 1 is 1.30 bits per heavy atom. The molecule has 0 aliphatic carbocycles. The van der Waals surface area contributed by atoms with Gasteiger partial charge in [0.25, 0.3) is 0 Å². The maximum atomic E-state index is 12.2. The lowest BCUT2D eigenvalue weighted by Crippen LogP contribution is -2.43. The fourth-order valence-electron chi connectivity index (χ4n) is 2.97. The molecule has 0 aromatic heterocycles. The number of carbonyl (C=O) groups is 2. The molecule has 2 rings (SSSR count). The molecule has 114 valence electrons. The average Bonchev–Trinajstić information content (AvgIpc) is 2.77. The van der Waals surface area contributed by atoms with E-state index in [1.165, 1.54) is 7.11 Å². The Kier molecular flexibility index (Phi) is 4.67. The summed E-state index contributed by atoms with van der Waals surface area (Å²) in [6, 6.07) is 0. The number of piperidine rings is 1. The summed E-state index contributed by atoms with van der Waals surface area (Å²) >= 11 is 0. The predicted molar refractivity (Wildman–Crippen MR) is 72.7 cm³/mol. The van der Waals surface area contributed by atoms with Crippen molar-refractivity contribution in [3.8, 4) is 0 Å². The third-order valence-corrected chi connectivity index (χ3v) is 5.94. The molecule has 0 spiro atoms. The zero-order chi connectivity index (χ0) is 14.8. The molecule has 2 aliphatic heterocycles. The van der Waals surface area contributed by atoms with Crippen LogP contribution in [0, 0.1) is 11.8 Å². The van der Waals surface area contributed by atoms with Crippen LogP contribution in [0.4, 0.5) is 0 Å². The van der Waals surface area contributed by atoms with Gasteiger partial charge in [-0.3, -0.25) is 9.59 Å². The first-order valence-electron chi connectivity index (χ1n) is 6.97. The van der Waals surface area contributed by atoms with E-state index in [0.717, 1.165) is 12.8 Å². The van der Waals surface area contributed by atoms with Gasteiger partial charge >= 0.3 is 5.97 Å². The highest BCUT2D eigenvalue weighted by molar-refractivity contribution is 7.91. The molecule has 2 aliphatic rings. The topological polar surface area (TPSA) is 80.8 Å². The Labute approximate surface area is 119 Å². The van der Waals surface area contributed by atoms with E-state index in [9.17, 15) is 18.0 Å². The van der Waals surface area contributed by atoms with Crippen molar-refractivity contribution in [1.82, 2.24) is 4.90 Å². The number of amides is 1. The molecule has 2 saturated heterocycles. The van der Waals surface area contributed by atoms with Gasteiger partial charge in [-0.25, -0.2) is 8.42 Å². The fraction of sp³-hybridized carbons (Fsp3) is 0.846. The van der Waals surface area contributed by atoms with Crippen LogP contribution in [0.1, 0.15) is 25.7 Å². The van der Waals surface area contributed by atoms with Crippen LogP contribution in [0.5, 0.6) is 0 Å². The number of nitrogens with zero attached hydrogens (tertiary/aromatic N) is 1. The maximum Gasteiger partial charge on any atom is 0.310 e. The lowest BCUT2D eigenvalue weighted by atomic mass is 9.96. The van der Waals surface area contributed by atoms with Crippen LogP contribution >= 0.6 is 0 Å². The van der Waals surface area contributed by atoms with Crippen LogP contribution in [-0.2, 0) is 24.2 Å². The smallest absolute Gasteiger partial charge is 0.310 e. The highest BCUT2D eigenvalue weighted by atomic mass is 32.2. The van der Waals surface area contributed by atoms with E-state index in [1.54, 1.807) is 4.90 Å². The number of likely N-dealkylation sites (tertiary alicyclic amines) is 1. The number of esters is 1. The van der Waals surface area contributed by atoms with Gasteiger partial charge in [-0.05, 0) is 25.2 Å². The lowest BCUT2D eigenvalue weighted by molar-refractivity contribution is -0.149. The van der Waals surface area contributed by atoms with Crippen molar-refractivity contribution < 1.29 is 22.7 Å². The summed E-state index contributed by atoms with van der Waals surface area (Å²) in [5, 5.41) is 0. The highest BCUT2D eigenvalue weighted by Gasteiger charge is 2.33. The van der Waals surface area contributed by atoms with Gasteiger partial charge in [0.05, 0.1) is 24.5 Å². The minimum atomic E-state index is -2.94. The predicted octanol–water partition coefficient (Wildman–Crippen LogP) is 0.223. The number of hydrogen-bond donors (Lipinski definition) is 0. The Hall–Kier alpha value is -1.11. The second-order valence-electron chi connectivity index (χ2n) is 5.68. The number of hydrogen-bond acceptors (Lipinski definition) is 5. The molecule has 2 unspecified atom stereocenters. The Balaban J connectivity index is 1.88. The summed E-state index contributed by atoms with van der Waals surface area (Å²) in [6.45, 7) is 1.04. The van der Waals surface area contributed by atoms with E-state index in [4.69, 9.17) is 4.74 Å². The van der Waals surface area contributed by atoms with Crippen LogP contribution in [0.3, 0.4) is 0 Å². The van der Waals surface area contributed by atoms with Gasteiger partial charge < -0.3 is 9.64 Å². The molecule has 0 saturated carbocycles. The van der Waals surface area contributed by atoms with Crippen molar-refractivity contribution >= 4 is 21.7 Å². The van der Waals surface area contributed by atoms with Crippen molar-refractivity contribution in [2.24, 2.45) is 11.8 Å². The van der Waals surface area contributed by atoms with E-state index in [1.807, 2.05) is 0 Å². The van der Waals surface area contributed by atoms with Crippen LogP contribution in [0.2, 0.25) is 0 Å². The molecule has 7 heteroatoms. The molecule has 0 bridgehead atoms. The number of methoxy groups -OCH3 is 1. The van der Waals surface area contributed by atoms with E-state index in [2.05, 4.69) is 0 Å². The summed E-state index contributed by atoms with van der Waals surface area (Å²) < 4.78 is 27.5. The third kappa shape index (κ3) is 3.71. The molecule has 6 nitrogen and oxygen atoms in total. The largest absolute Gasteiger partial charge is 0.469 e. The SMILES string of the molecule is COC(=O)C1CCCN(C(=O)CC2CCS(=O)(=O)C2)C1. The Morgan fingerprint density at radius 2 is 2.05 bits per heavy atom. The molecule has 2 atom stereocenters. The first-order valence-corrected chi connectivity index (χ1v) is 8.79. The van der Waals surface area contributed by atoms with Crippen LogP contribution < -0.4 is 0 Å². The molecule has 20 heavy (non-hydrogen) atoms. The van der Waals surface area contributed by atoms with Crippen molar-refractivity contribution in [2.45, 2.75) is 25.7 Å². The average molecular weight is 303 g/mol. The zero-order valence-electron chi connectivity index (χ0n) is 11.7. The summed E-state index contributed by atoms with van der Waals surface area (Å²) in [7, 11) is -1.59. The van der Waals surface area contributed by atoms with Gasteiger partial charge in [0.1, 0.15) is 0 Å². The van der Waals surface area contributed by atoms with Gasteiger partial charge in [-0.15, -0.1) is 0 Å². The van der Waals surface area contributed by atoms with Crippen LogP contribution in [-0.4, -0.2) is 56.9 Å². The van der Waals surface area contributed by atoms with E-state index in [0.29, 0.717) is 19.5 Å². The van der Waals surface area contributed by atoms with E-state index in [-0.39, 0.29) is 41.6 Å². The maximum absolute atomic E-state index is 12.2. The van der Waals surface area contributed by atoms with Crippen LogP contribution in [0.25, 0.3) is 0 Å². The molecular weight excluding hydrogens is 282 g/mol. The van der Waals surface area contributed by atoms with Gasteiger partial charge in [0.2, 0.25) is 5.91 Å². The van der Waals surface area contributed by atoms with E-state index < -0.39 is 9.84 Å². The van der Waals surface area contributed by atoms with Crippen molar-refractivity contribution in [3.05, 3.63) is 0 Å². The molecular formula is C13H21NO5S. The van der Waals surface area contributed by atoms with Gasteiger partial charge in [-0.1, -0.05) is 0 Å². The molecule has 0 aromatic rings. The monoisotopic (exact) mass is 303 g/mol. The van der Waals surface area contributed by atoms with Crippen molar-refractivity contribution in [3.63, 3.8) is 0 Å². The molecule has 2 heterocycles. The Bertz CT molecular complexity index is 487. The first kappa shape index (κ1) is 15.3. The quantitative estimate of drug-likeness (QED) is 0.697. The zero-order valence-corrected chi connectivity index (χ0v) is 12.5. The minimum absolute atomic E-state index is 0.0410. The molecule has 0 aromatic carbocycles. The third-order valence-electron chi connectivity index (χ3n) is 4.10. The molecule has 2 fully saturated rings. The summed E-state index contributed by atoms with van der Waals surface area (Å²) in [6.07, 6.45) is 2.37. The second kappa shape index (κ2) is 6.11. The Morgan fingerprint density at radius 3 is 2.65 bits per heavy atom. The summed E-state index contributed by atoms with van der Waals surface area (Å²) in [5.74, 6) is -0.314. The molecule has 0 radical (unpaired) electrons. The second-order valence-corrected chi connectivity index (χ2v) is 7.90. The number of sulfone groups is 1. The fourth-order valence-corrected chi connectivity index (χ4v) is 4.83. The molecule has 1 amide bonds. The van der Waals surface area contributed by atoms with Gasteiger partial charge in [0.15, 0.2) is 9.84 Å². The summed E-state index contributed by atoms with van der Waals surface area (Å²) in [5.41, 5.74) is 0. The number of carbonyl (C=O) groups excluding carboxylic acids is 2. The van der Waals surface area contributed by atoms with Crippen molar-refractivity contribution in [1.29, 1.82) is 0 Å². The standard InChI is InChI=1S/C13H21NO5S/c1-19-13(16)11-3-2-5-14(8-11)12(15)7-10-4-6-20(17,18)9-10/h10-11H,2-9H2,1H3. The number of rotatable bonds is 3. The van der Waals surface area contributed by atoms with Crippen molar-refractivity contribution in [2.75, 3.05) is 31.7 Å².